The molecule has 104 valence electrons. The summed E-state index contributed by atoms with van der Waals surface area (Å²) < 4.78 is 50.0. The van der Waals surface area contributed by atoms with Crippen LogP contribution in [0.15, 0.2) is 0 Å². The van der Waals surface area contributed by atoms with Gasteiger partial charge >= 0.3 is 12.3 Å². The first-order chi connectivity index (χ1) is 8.32. The number of hydrogen-bond acceptors (Lipinski definition) is 0. The molecule has 4 aliphatic rings. The van der Waals surface area contributed by atoms with Gasteiger partial charge in [-0.25, -0.2) is 17.6 Å². The SMILES string of the molecule is CC1C2CC3C1C3(CCCC(F)(F)C(F)F)C2C. The summed E-state index contributed by atoms with van der Waals surface area (Å²) in [7, 11) is 0. The maximum atomic E-state index is 12.9. The molecule has 0 nitrogen and oxygen atoms in total. The molecular weight excluding hydrogens is 244 g/mol. The van der Waals surface area contributed by atoms with E-state index < -0.39 is 18.8 Å². The van der Waals surface area contributed by atoms with E-state index in [1.165, 1.54) is 6.42 Å². The molecule has 4 saturated carbocycles. The summed E-state index contributed by atoms with van der Waals surface area (Å²) in [6.45, 7) is 4.51. The first-order valence-electron chi connectivity index (χ1n) is 6.98. The van der Waals surface area contributed by atoms with Gasteiger partial charge in [-0.15, -0.1) is 0 Å². The third kappa shape index (κ3) is 1.38. The summed E-state index contributed by atoms with van der Waals surface area (Å²) in [5, 5.41) is 0. The van der Waals surface area contributed by atoms with Crippen molar-refractivity contribution in [1.82, 2.24) is 0 Å². The minimum Gasteiger partial charge on any atom is -0.204 e. The van der Waals surface area contributed by atoms with E-state index in [4.69, 9.17) is 0 Å². The Bertz CT molecular complexity index is 350. The molecule has 0 amide bonds. The van der Waals surface area contributed by atoms with Crippen molar-refractivity contribution < 1.29 is 17.6 Å². The Kier molecular flexibility index (Phi) is 2.57. The van der Waals surface area contributed by atoms with E-state index in [9.17, 15) is 17.6 Å². The predicted octanol–water partition coefficient (Wildman–Crippen LogP) is 4.60. The van der Waals surface area contributed by atoms with Crippen LogP contribution < -0.4 is 0 Å². The van der Waals surface area contributed by atoms with Gasteiger partial charge in [0.2, 0.25) is 0 Å². The largest absolute Gasteiger partial charge is 0.307 e. The van der Waals surface area contributed by atoms with E-state index in [1.54, 1.807) is 0 Å². The lowest BCUT2D eigenvalue weighted by Gasteiger charge is -2.21. The van der Waals surface area contributed by atoms with Gasteiger partial charge in [0.25, 0.3) is 0 Å². The molecule has 0 aliphatic heterocycles. The molecule has 0 N–H and O–H groups in total. The van der Waals surface area contributed by atoms with Crippen molar-refractivity contribution in [3.8, 4) is 0 Å². The minimum atomic E-state index is -3.79. The Morgan fingerprint density at radius 1 is 1.28 bits per heavy atom. The van der Waals surface area contributed by atoms with E-state index in [1.807, 2.05) is 0 Å². The zero-order chi connectivity index (χ0) is 13.3. The lowest BCUT2D eigenvalue weighted by Crippen LogP contribution is -2.26. The Morgan fingerprint density at radius 3 is 2.33 bits per heavy atom. The van der Waals surface area contributed by atoms with Crippen LogP contribution in [0.5, 0.6) is 0 Å². The second-order valence-electron chi connectivity index (χ2n) is 6.71. The summed E-state index contributed by atoms with van der Waals surface area (Å²) in [6.07, 6.45) is -1.95. The van der Waals surface area contributed by atoms with Gasteiger partial charge in [0, 0.05) is 6.42 Å². The fourth-order valence-electron chi connectivity index (χ4n) is 5.59. The molecule has 0 spiro atoms. The van der Waals surface area contributed by atoms with Crippen molar-refractivity contribution in [2.45, 2.75) is 51.9 Å². The average molecular weight is 264 g/mol. The average Bonchev–Trinajstić information content (AvgIpc) is 2.51. The third-order valence-corrected chi connectivity index (χ3v) is 6.33. The van der Waals surface area contributed by atoms with Gasteiger partial charge in [0.15, 0.2) is 0 Å². The number of alkyl halides is 4. The van der Waals surface area contributed by atoms with Crippen LogP contribution in [0, 0.1) is 35.0 Å². The highest BCUT2D eigenvalue weighted by molar-refractivity contribution is 5.27. The van der Waals surface area contributed by atoms with Gasteiger partial charge in [-0.3, -0.25) is 0 Å². The Labute approximate surface area is 105 Å². The summed E-state index contributed by atoms with van der Waals surface area (Å²) in [4.78, 5) is 0. The fourth-order valence-corrected chi connectivity index (χ4v) is 5.59. The lowest BCUT2D eigenvalue weighted by atomic mass is 9.86. The molecule has 4 aliphatic carbocycles. The molecule has 4 heteroatoms. The van der Waals surface area contributed by atoms with Crippen molar-refractivity contribution in [3.63, 3.8) is 0 Å². The van der Waals surface area contributed by atoms with Crippen LogP contribution >= 0.6 is 0 Å². The molecule has 0 aromatic carbocycles. The van der Waals surface area contributed by atoms with Gasteiger partial charge in [-0.1, -0.05) is 13.8 Å². The number of halogens is 4. The molecule has 4 bridgehead atoms. The highest BCUT2D eigenvalue weighted by Gasteiger charge is 2.79. The van der Waals surface area contributed by atoms with E-state index in [-0.39, 0.29) is 11.8 Å². The molecule has 0 saturated heterocycles. The highest BCUT2D eigenvalue weighted by atomic mass is 19.3. The summed E-state index contributed by atoms with van der Waals surface area (Å²) in [5.74, 6) is -0.276. The third-order valence-electron chi connectivity index (χ3n) is 6.33. The molecule has 0 aromatic rings. The Morgan fingerprint density at radius 2 is 1.94 bits per heavy atom. The molecule has 18 heavy (non-hydrogen) atoms. The summed E-state index contributed by atoms with van der Waals surface area (Å²) >= 11 is 0. The molecule has 0 heterocycles. The van der Waals surface area contributed by atoms with Crippen molar-refractivity contribution >= 4 is 0 Å². The van der Waals surface area contributed by atoms with Gasteiger partial charge in [0.1, 0.15) is 0 Å². The van der Waals surface area contributed by atoms with E-state index in [0.717, 1.165) is 18.3 Å². The minimum absolute atomic E-state index is 0.244. The van der Waals surface area contributed by atoms with Gasteiger partial charge in [-0.05, 0) is 54.3 Å². The second-order valence-corrected chi connectivity index (χ2v) is 6.71. The predicted molar refractivity (Wildman–Crippen MR) is 60.7 cm³/mol. The lowest BCUT2D eigenvalue weighted by molar-refractivity contribution is -0.134. The maximum absolute atomic E-state index is 12.9. The standard InChI is InChI=1S/C14H20F4/c1-7-9-6-10-11(7)13(10,8(9)2)4-3-5-14(17,18)12(15)16/h7-12H,3-6H2,1-2H3. The highest BCUT2D eigenvalue weighted by Crippen LogP contribution is 2.85. The summed E-state index contributed by atoms with van der Waals surface area (Å²) in [6, 6.07) is 0. The molecule has 6 atom stereocenters. The number of hydrogen-bond donors (Lipinski definition) is 0. The van der Waals surface area contributed by atoms with Crippen LogP contribution in [-0.2, 0) is 0 Å². The number of rotatable bonds is 5. The first-order valence-corrected chi connectivity index (χ1v) is 6.98. The second kappa shape index (κ2) is 3.63. The van der Waals surface area contributed by atoms with Crippen LogP contribution in [0.25, 0.3) is 0 Å². The van der Waals surface area contributed by atoms with Crippen molar-refractivity contribution in [2.75, 3.05) is 0 Å². The first kappa shape index (κ1) is 12.7. The Hall–Kier alpha value is -0.280. The van der Waals surface area contributed by atoms with Crippen LogP contribution in [0.1, 0.15) is 39.5 Å². The monoisotopic (exact) mass is 264 g/mol. The molecule has 6 unspecified atom stereocenters. The normalized spacial score (nSPS) is 49.2. The van der Waals surface area contributed by atoms with Crippen molar-refractivity contribution in [3.05, 3.63) is 0 Å². The van der Waals surface area contributed by atoms with Crippen LogP contribution in [0.2, 0.25) is 0 Å². The fraction of sp³-hybridized carbons (Fsp3) is 1.00. The van der Waals surface area contributed by atoms with E-state index >= 15 is 0 Å². The molecule has 0 aromatic heterocycles. The molecule has 4 fully saturated rings. The van der Waals surface area contributed by atoms with Gasteiger partial charge in [0.05, 0.1) is 0 Å². The Balaban J connectivity index is 1.57. The van der Waals surface area contributed by atoms with Crippen LogP contribution in [0.3, 0.4) is 0 Å². The van der Waals surface area contributed by atoms with Crippen molar-refractivity contribution in [2.24, 2.45) is 35.0 Å². The van der Waals surface area contributed by atoms with Gasteiger partial charge < -0.3 is 0 Å². The quantitative estimate of drug-likeness (QED) is 0.637. The van der Waals surface area contributed by atoms with Crippen molar-refractivity contribution in [1.29, 1.82) is 0 Å². The topological polar surface area (TPSA) is 0 Å². The van der Waals surface area contributed by atoms with E-state index in [2.05, 4.69) is 13.8 Å². The zero-order valence-corrected chi connectivity index (χ0v) is 10.8. The smallest absolute Gasteiger partial charge is 0.204 e. The summed E-state index contributed by atoms with van der Waals surface area (Å²) in [5.41, 5.74) is 0.252. The zero-order valence-electron chi connectivity index (χ0n) is 10.8. The molecular formula is C14H20F4. The van der Waals surface area contributed by atoms with E-state index in [0.29, 0.717) is 17.8 Å². The molecule has 0 radical (unpaired) electrons. The van der Waals surface area contributed by atoms with Crippen LogP contribution in [0.4, 0.5) is 17.6 Å². The van der Waals surface area contributed by atoms with Crippen LogP contribution in [-0.4, -0.2) is 12.3 Å². The molecule has 4 rings (SSSR count). The van der Waals surface area contributed by atoms with Gasteiger partial charge in [-0.2, -0.15) is 0 Å². The maximum Gasteiger partial charge on any atom is 0.307 e.